The number of halogens is 1. The number of hydrogen-bond donors (Lipinski definition) is 1. The third-order valence-electron chi connectivity index (χ3n) is 5.01. The predicted octanol–water partition coefficient (Wildman–Crippen LogP) is 6.03. The van der Waals surface area contributed by atoms with Crippen LogP contribution in [0, 0.1) is 0 Å². The molecule has 6 heteroatoms. The second-order valence-electron chi connectivity index (χ2n) is 6.94. The largest absolute Gasteiger partial charge is 0.496 e. The average Bonchev–Trinajstić information content (AvgIpc) is 2.80. The van der Waals surface area contributed by atoms with E-state index in [1.54, 1.807) is 31.4 Å². The van der Waals surface area contributed by atoms with E-state index in [9.17, 15) is 4.79 Å². The summed E-state index contributed by atoms with van der Waals surface area (Å²) in [6, 6.07) is 20.3. The Morgan fingerprint density at radius 1 is 0.968 bits per heavy atom. The Kier molecular flexibility index (Phi) is 7.79. The van der Waals surface area contributed by atoms with Gasteiger partial charge in [0.05, 0.1) is 7.11 Å². The first-order valence-electron chi connectivity index (χ1n) is 10.3. The fourth-order valence-electron chi connectivity index (χ4n) is 3.24. The number of rotatable bonds is 9. The number of anilines is 2. The maximum atomic E-state index is 12.7. The third kappa shape index (κ3) is 5.92. The molecule has 0 aliphatic heterocycles. The van der Waals surface area contributed by atoms with Crippen LogP contribution in [0.25, 0.3) is 0 Å². The molecule has 0 atom stereocenters. The van der Waals surface area contributed by atoms with Crippen LogP contribution in [0.5, 0.6) is 11.5 Å². The van der Waals surface area contributed by atoms with Gasteiger partial charge in [0.25, 0.3) is 5.91 Å². The Hall–Kier alpha value is -3.18. The van der Waals surface area contributed by atoms with Crippen LogP contribution in [0.1, 0.15) is 29.8 Å². The molecule has 0 fully saturated rings. The van der Waals surface area contributed by atoms with Crippen molar-refractivity contribution in [2.45, 2.75) is 20.5 Å². The van der Waals surface area contributed by atoms with Crippen molar-refractivity contribution in [3.63, 3.8) is 0 Å². The molecule has 0 heterocycles. The second-order valence-corrected chi connectivity index (χ2v) is 7.38. The van der Waals surface area contributed by atoms with Crippen molar-refractivity contribution >= 4 is 28.9 Å². The lowest BCUT2D eigenvalue weighted by atomic mass is 10.1. The zero-order valence-corrected chi connectivity index (χ0v) is 18.8. The van der Waals surface area contributed by atoms with E-state index in [0.717, 1.165) is 30.0 Å². The summed E-state index contributed by atoms with van der Waals surface area (Å²) in [6.07, 6.45) is 0. The third-order valence-corrected chi connectivity index (χ3v) is 5.26. The molecule has 0 saturated carbocycles. The quantitative estimate of drug-likeness (QED) is 0.443. The minimum Gasteiger partial charge on any atom is -0.496 e. The number of nitrogens with one attached hydrogen (secondary N) is 1. The molecule has 1 amide bonds. The van der Waals surface area contributed by atoms with Crippen LogP contribution >= 0.6 is 11.6 Å². The number of carbonyl (C=O) groups is 1. The Morgan fingerprint density at radius 2 is 1.65 bits per heavy atom. The molecule has 0 aliphatic rings. The number of methoxy groups -OCH3 is 1. The van der Waals surface area contributed by atoms with Crippen LogP contribution < -0.4 is 19.7 Å². The van der Waals surface area contributed by atoms with E-state index < -0.39 is 0 Å². The number of nitrogens with zero attached hydrogens (tertiary/aromatic N) is 1. The van der Waals surface area contributed by atoms with E-state index in [-0.39, 0.29) is 5.91 Å². The van der Waals surface area contributed by atoms with Gasteiger partial charge in [-0.1, -0.05) is 17.7 Å². The fraction of sp³-hybridized carbons (Fsp3) is 0.240. The van der Waals surface area contributed by atoms with Crippen LogP contribution in [0.15, 0.2) is 66.7 Å². The minimum atomic E-state index is -0.195. The molecule has 3 aromatic carbocycles. The van der Waals surface area contributed by atoms with E-state index in [1.165, 1.54) is 0 Å². The predicted molar refractivity (Wildman–Crippen MR) is 127 cm³/mol. The molecule has 0 aliphatic carbocycles. The number of carbonyl (C=O) groups excluding carboxylic acids is 1. The van der Waals surface area contributed by atoms with Crippen LogP contribution in [0.4, 0.5) is 11.4 Å². The lowest BCUT2D eigenvalue weighted by Crippen LogP contribution is -2.21. The molecule has 0 bridgehead atoms. The summed E-state index contributed by atoms with van der Waals surface area (Å²) in [5, 5.41) is 3.59. The van der Waals surface area contributed by atoms with E-state index in [2.05, 4.69) is 24.1 Å². The molecular weight excluding hydrogens is 412 g/mol. The molecule has 31 heavy (non-hydrogen) atoms. The molecule has 1 N–H and O–H groups in total. The lowest BCUT2D eigenvalue weighted by Gasteiger charge is -2.21. The number of hydrogen-bond acceptors (Lipinski definition) is 4. The van der Waals surface area contributed by atoms with Gasteiger partial charge in [-0.05, 0) is 74.5 Å². The average molecular weight is 439 g/mol. The zero-order chi connectivity index (χ0) is 22.2. The maximum absolute atomic E-state index is 12.7. The van der Waals surface area contributed by atoms with E-state index in [1.807, 2.05) is 42.5 Å². The Balaban J connectivity index is 1.66. The number of ether oxygens (including phenoxy) is 2. The van der Waals surface area contributed by atoms with Crippen molar-refractivity contribution in [2.24, 2.45) is 0 Å². The molecular formula is C25H27ClN2O3. The van der Waals surface area contributed by atoms with Crippen molar-refractivity contribution in [1.29, 1.82) is 0 Å². The maximum Gasteiger partial charge on any atom is 0.255 e. The molecule has 3 rings (SSSR count). The van der Waals surface area contributed by atoms with Crippen molar-refractivity contribution in [2.75, 3.05) is 30.4 Å². The molecule has 3 aromatic rings. The molecule has 5 nitrogen and oxygen atoms in total. The highest BCUT2D eigenvalue weighted by Crippen LogP contribution is 2.24. The van der Waals surface area contributed by atoms with E-state index >= 15 is 0 Å². The first-order valence-corrected chi connectivity index (χ1v) is 10.6. The molecule has 0 spiro atoms. The SMILES string of the molecule is CCN(CC)c1ccc(NC(=O)c2ccc(COc3ccc(Cl)cc3)c(OC)c2)cc1. The normalized spacial score (nSPS) is 10.5. The molecule has 0 radical (unpaired) electrons. The van der Waals surface area contributed by atoms with Gasteiger partial charge in [0, 0.05) is 40.6 Å². The van der Waals surface area contributed by atoms with Gasteiger partial charge in [0.1, 0.15) is 18.1 Å². The number of benzene rings is 3. The van der Waals surface area contributed by atoms with Crippen LogP contribution in [0.2, 0.25) is 5.02 Å². The summed E-state index contributed by atoms with van der Waals surface area (Å²) < 4.78 is 11.3. The van der Waals surface area contributed by atoms with Crippen LogP contribution in [-0.4, -0.2) is 26.1 Å². The van der Waals surface area contributed by atoms with Crippen molar-refractivity contribution < 1.29 is 14.3 Å². The first-order chi connectivity index (χ1) is 15.0. The highest BCUT2D eigenvalue weighted by Gasteiger charge is 2.12. The summed E-state index contributed by atoms with van der Waals surface area (Å²) in [6.45, 7) is 6.44. The Labute approximate surface area is 188 Å². The van der Waals surface area contributed by atoms with Crippen LogP contribution in [-0.2, 0) is 6.61 Å². The molecule has 162 valence electrons. The van der Waals surface area contributed by atoms with Crippen molar-refractivity contribution in [3.05, 3.63) is 82.9 Å². The summed E-state index contributed by atoms with van der Waals surface area (Å²) >= 11 is 5.90. The van der Waals surface area contributed by atoms with Gasteiger partial charge in [-0.3, -0.25) is 4.79 Å². The standard InChI is InChI=1S/C25H27ClN2O3/c1-4-28(5-2)22-12-10-21(11-13-22)27-25(29)18-6-7-19(24(16-18)30-3)17-31-23-14-8-20(26)9-15-23/h6-16H,4-5,17H2,1-3H3,(H,27,29). The zero-order valence-electron chi connectivity index (χ0n) is 18.0. The highest BCUT2D eigenvalue weighted by molar-refractivity contribution is 6.30. The summed E-state index contributed by atoms with van der Waals surface area (Å²) in [7, 11) is 1.58. The molecule has 0 aromatic heterocycles. The minimum absolute atomic E-state index is 0.195. The topological polar surface area (TPSA) is 50.8 Å². The molecule has 0 unspecified atom stereocenters. The Morgan fingerprint density at radius 3 is 2.26 bits per heavy atom. The summed E-state index contributed by atoms with van der Waals surface area (Å²) in [5.74, 6) is 1.11. The van der Waals surface area contributed by atoms with Gasteiger partial charge in [-0.2, -0.15) is 0 Å². The smallest absolute Gasteiger partial charge is 0.255 e. The monoisotopic (exact) mass is 438 g/mol. The first kappa shape index (κ1) is 22.5. The van der Waals surface area contributed by atoms with E-state index in [0.29, 0.717) is 28.7 Å². The Bertz CT molecular complexity index is 1000. The summed E-state index contributed by atoms with van der Waals surface area (Å²) in [4.78, 5) is 15.0. The van der Waals surface area contributed by atoms with Gasteiger partial charge in [-0.25, -0.2) is 0 Å². The van der Waals surface area contributed by atoms with Crippen LogP contribution in [0.3, 0.4) is 0 Å². The van der Waals surface area contributed by atoms with Crippen molar-refractivity contribution in [1.82, 2.24) is 0 Å². The number of amides is 1. The fourth-order valence-corrected chi connectivity index (χ4v) is 3.37. The highest BCUT2D eigenvalue weighted by atomic mass is 35.5. The van der Waals surface area contributed by atoms with Gasteiger partial charge in [0.2, 0.25) is 0 Å². The van der Waals surface area contributed by atoms with Gasteiger partial charge in [0.15, 0.2) is 0 Å². The lowest BCUT2D eigenvalue weighted by molar-refractivity contribution is 0.102. The van der Waals surface area contributed by atoms with Gasteiger partial charge >= 0.3 is 0 Å². The van der Waals surface area contributed by atoms with Crippen molar-refractivity contribution in [3.8, 4) is 11.5 Å². The second kappa shape index (κ2) is 10.7. The van der Waals surface area contributed by atoms with Gasteiger partial charge < -0.3 is 19.7 Å². The van der Waals surface area contributed by atoms with E-state index in [4.69, 9.17) is 21.1 Å². The molecule has 0 saturated heterocycles. The summed E-state index contributed by atoms with van der Waals surface area (Å²) in [5.41, 5.74) is 3.24. The van der Waals surface area contributed by atoms with Gasteiger partial charge in [-0.15, -0.1) is 0 Å².